The van der Waals surface area contributed by atoms with Gasteiger partial charge in [0.2, 0.25) is 0 Å². The van der Waals surface area contributed by atoms with Crippen molar-refractivity contribution in [3.63, 3.8) is 0 Å². The average molecular weight is 231 g/mol. The van der Waals surface area contributed by atoms with Crippen molar-refractivity contribution in [2.45, 2.75) is 31.6 Å². The number of aromatic nitrogens is 3. The normalized spacial score (nSPS) is 16.0. The van der Waals surface area contributed by atoms with E-state index in [4.69, 9.17) is 5.11 Å². The lowest BCUT2D eigenvalue weighted by Gasteiger charge is -2.21. The van der Waals surface area contributed by atoms with Gasteiger partial charge >= 0.3 is 5.97 Å². The fourth-order valence-electron chi connectivity index (χ4n) is 2.06. The lowest BCUT2D eigenvalue weighted by Crippen LogP contribution is -2.10. The summed E-state index contributed by atoms with van der Waals surface area (Å²) in [7, 11) is 0. The van der Waals surface area contributed by atoms with E-state index in [2.05, 4.69) is 10.1 Å². The molecule has 1 aliphatic rings. The van der Waals surface area contributed by atoms with Gasteiger partial charge in [-0.05, 0) is 24.5 Å². The molecule has 0 bridgehead atoms. The number of hydrogen-bond donors (Lipinski definition) is 1. The summed E-state index contributed by atoms with van der Waals surface area (Å²) in [5, 5.41) is 13.1. The van der Waals surface area contributed by atoms with E-state index < -0.39 is 5.97 Å². The minimum atomic E-state index is -0.830. The third kappa shape index (κ3) is 1.88. The first-order valence-corrected chi connectivity index (χ1v) is 5.79. The maximum Gasteiger partial charge on any atom is 0.307 e. The summed E-state index contributed by atoms with van der Waals surface area (Å²) in [6, 6.07) is 3.62. The number of hydrogen-bond acceptors (Lipinski definition) is 3. The predicted molar refractivity (Wildman–Crippen MR) is 60.9 cm³/mol. The zero-order valence-electron chi connectivity index (χ0n) is 9.33. The van der Waals surface area contributed by atoms with E-state index in [1.54, 1.807) is 16.8 Å². The predicted octanol–water partition coefficient (Wildman–Crippen LogP) is 1.62. The van der Waals surface area contributed by atoms with Crippen LogP contribution in [0.1, 0.15) is 36.6 Å². The monoisotopic (exact) mass is 231 g/mol. The van der Waals surface area contributed by atoms with Crippen molar-refractivity contribution in [2.24, 2.45) is 0 Å². The molecule has 2 heterocycles. The molecule has 5 nitrogen and oxygen atoms in total. The highest BCUT2D eigenvalue weighted by molar-refractivity contribution is 5.70. The van der Waals surface area contributed by atoms with Gasteiger partial charge in [-0.25, -0.2) is 9.50 Å². The van der Waals surface area contributed by atoms with E-state index in [0.29, 0.717) is 5.92 Å². The molecule has 1 saturated carbocycles. The van der Waals surface area contributed by atoms with E-state index in [-0.39, 0.29) is 6.42 Å². The molecule has 3 rings (SSSR count). The molecule has 2 aromatic rings. The van der Waals surface area contributed by atoms with Crippen LogP contribution in [-0.4, -0.2) is 25.7 Å². The SMILES string of the molecule is O=C(O)Cc1ccc2nc(C3CCC3)nn2c1. The van der Waals surface area contributed by atoms with Crippen LogP contribution < -0.4 is 0 Å². The zero-order chi connectivity index (χ0) is 11.8. The smallest absolute Gasteiger partial charge is 0.307 e. The topological polar surface area (TPSA) is 67.5 Å². The lowest BCUT2D eigenvalue weighted by atomic mass is 9.85. The molecule has 0 saturated heterocycles. The lowest BCUT2D eigenvalue weighted by molar-refractivity contribution is -0.136. The highest BCUT2D eigenvalue weighted by Gasteiger charge is 2.23. The van der Waals surface area contributed by atoms with Crippen LogP contribution in [0.3, 0.4) is 0 Å². The molecule has 0 aliphatic heterocycles. The summed E-state index contributed by atoms with van der Waals surface area (Å²) in [5.74, 6) is 0.560. The number of fused-ring (bicyclic) bond motifs is 1. The minimum absolute atomic E-state index is 0.0224. The molecule has 5 heteroatoms. The summed E-state index contributed by atoms with van der Waals surface area (Å²) in [4.78, 5) is 15.1. The van der Waals surface area contributed by atoms with Gasteiger partial charge in [0.1, 0.15) is 0 Å². The Morgan fingerprint density at radius 1 is 1.47 bits per heavy atom. The number of carboxylic acids is 1. The van der Waals surface area contributed by atoms with Crippen LogP contribution in [0.4, 0.5) is 0 Å². The van der Waals surface area contributed by atoms with Crippen molar-refractivity contribution in [3.05, 3.63) is 29.7 Å². The van der Waals surface area contributed by atoms with Crippen LogP contribution in [0, 0.1) is 0 Å². The number of carbonyl (C=O) groups is 1. The number of rotatable bonds is 3. The fourth-order valence-corrected chi connectivity index (χ4v) is 2.06. The minimum Gasteiger partial charge on any atom is -0.481 e. The third-order valence-electron chi connectivity index (χ3n) is 3.23. The van der Waals surface area contributed by atoms with Gasteiger partial charge in [-0.1, -0.05) is 12.5 Å². The van der Waals surface area contributed by atoms with Crippen molar-refractivity contribution < 1.29 is 9.90 Å². The van der Waals surface area contributed by atoms with Crippen molar-refractivity contribution in [3.8, 4) is 0 Å². The molecular weight excluding hydrogens is 218 g/mol. The molecule has 2 aromatic heterocycles. The van der Waals surface area contributed by atoms with Crippen molar-refractivity contribution in [2.75, 3.05) is 0 Å². The second-order valence-electron chi connectivity index (χ2n) is 4.51. The zero-order valence-corrected chi connectivity index (χ0v) is 9.33. The van der Waals surface area contributed by atoms with Crippen LogP contribution in [0.2, 0.25) is 0 Å². The van der Waals surface area contributed by atoms with E-state index in [1.807, 2.05) is 6.07 Å². The first kappa shape index (κ1) is 10.3. The highest BCUT2D eigenvalue weighted by Crippen LogP contribution is 2.34. The Kier molecular flexibility index (Phi) is 2.31. The van der Waals surface area contributed by atoms with Crippen LogP contribution in [0.15, 0.2) is 18.3 Å². The number of pyridine rings is 1. The standard InChI is InChI=1S/C12H13N3O2/c16-11(17)6-8-4-5-10-13-12(9-2-1-3-9)14-15(10)7-8/h4-5,7,9H,1-3,6H2,(H,16,17). The maximum absolute atomic E-state index is 10.6. The molecule has 0 spiro atoms. The van der Waals surface area contributed by atoms with Gasteiger partial charge < -0.3 is 5.11 Å². The summed E-state index contributed by atoms with van der Waals surface area (Å²) < 4.78 is 1.69. The fraction of sp³-hybridized carbons (Fsp3) is 0.417. The van der Waals surface area contributed by atoms with E-state index in [9.17, 15) is 4.79 Å². The van der Waals surface area contributed by atoms with E-state index in [0.717, 1.165) is 17.0 Å². The molecule has 88 valence electrons. The van der Waals surface area contributed by atoms with E-state index in [1.165, 1.54) is 19.3 Å². The van der Waals surface area contributed by atoms with E-state index >= 15 is 0 Å². The Morgan fingerprint density at radius 3 is 2.94 bits per heavy atom. The van der Waals surface area contributed by atoms with Crippen LogP contribution in [-0.2, 0) is 11.2 Å². The van der Waals surface area contributed by atoms with Gasteiger partial charge in [0.25, 0.3) is 0 Å². The Bertz CT molecular complexity index is 572. The van der Waals surface area contributed by atoms with Gasteiger partial charge in [-0.2, -0.15) is 5.10 Å². The molecular formula is C12H13N3O2. The molecule has 0 aromatic carbocycles. The Morgan fingerprint density at radius 2 is 2.29 bits per heavy atom. The highest BCUT2D eigenvalue weighted by atomic mass is 16.4. The number of aliphatic carboxylic acids is 1. The summed E-state index contributed by atoms with van der Waals surface area (Å²) in [5.41, 5.74) is 1.54. The van der Waals surface area contributed by atoms with Crippen LogP contribution in [0.25, 0.3) is 5.65 Å². The molecule has 17 heavy (non-hydrogen) atoms. The van der Waals surface area contributed by atoms with Gasteiger partial charge in [0.05, 0.1) is 6.42 Å². The van der Waals surface area contributed by atoms with Crippen molar-refractivity contribution in [1.29, 1.82) is 0 Å². The molecule has 0 atom stereocenters. The summed E-state index contributed by atoms with van der Waals surface area (Å²) >= 11 is 0. The average Bonchev–Trinajstić information content (AvgIpc) is 2.56. The Labute approximate surface area is 98.1 Å². The summed E-state index contributed by atoms with van der Waals surface area (Å²) in [6.07, 6.45) is 5.36. The first-order valence-electron chi connectivity index (χ1n) is 5.79. The van der Waals surface area contributed by atoms with Crippen LogP contribution in [0.5, 0.6) is 0 Å². The van der Waals surface area contributed by atoms with Gasteiger partial charge in [-0.3, -0.25) is 4.79 Å². The molecule has 0 amide bonds. The number of carboxylic acid groups (broad SMARTS) is 1. The van der Waals surface area contributed by atoms with Crippen LogP contribution >= 0.6 is 0 Å². The Balaban J connectivity index is 1.95. The maximum atomic E-state index is 10.6. The van der Waals surface area contributed by atoms with Crippen molar-refractivity contribution in [1.82, 2.24) is 14.6 Å². The van der Waals surface area contributed by atoms with Crippen molar-refractivity contribution >= 4 is 11.6 Å². The second kappa shape index (κ2) is 3.84. The Hall–Kier alpha value is -1.91. The molecule has 0 unspecified atom stereocenters. The van der Waals surface area contributed by atoms with Gasteiger partial charge in [0.15, 0.2) is 11.5 Å². The molecule has 1 N–H and O–H groups in total. The third-order valence-corrected chi connectivity index (χ3v) is 3.23. The van der Waals surface area contributed by atoms with Gasteiger partial charge in [0, 0.05) is 12.1 Å². The molecule has 1 fully saturated rings. The second-order valence-corrected chi connectivity index (χ2v) is 4.51. The first-order chi connectivity index (χ1) is 8.22. The molecule has 1 aliphatic carbocycles. The largest absolute Gasteiger partial charge is 0.481 e. The quantitative estimate of drug-likeness (QED) is 0.871. The molecule has 0 radical (unpaired) electrons. The van der Waals surface area contributed by atoms with Gasteiger partial charge in [-0.15, -0.1) is 0 Å². The summed E-state index contributed by atoms with van der Waals surface area (Å²) in [6.45, 7) is 0. The number of nitrogens with zero attached hydrogens (tertiary/aromatic N) is 3.